The Morgan fingerprint density at radius 2 is 1.89 bits per heavy atom. The van der Waals surface area contributed by atoms with Crippen LogP contribution in [0.2, 0.25) is 0 Å². The van der Waals surface area contributed by atoms with Crippen molar-refractivity contribution in [1.29, 1.82) is 0 Å². The minimum Gasteiger partial charge on any atom is -0.293 e. The average Bonchev–Trinajstić information content (AvgIpc) is 3.46. The van der Waals surface area contributed by atoms with E-state index < -0.39 is 40.8 Å². The number of carbonyl (C=O) groups is 3. The first kappa shape index (κ1) is 18.6. The molecule has 0 bridgehead atoms. The number of nitrogens with one attached hydrogen (secondary N) is 1. The Labute approximate surface area is 166 Å². The summed E-state index contributed by atoms with van der Waals surface area (Å²) in [5.41, 5.74) is -0.976. The van der Waals surface area contributed by atoms with Crippen molar-refractivity contribution in [2.45, 2.75) is 31.2 Å². The summed E-state index contributed by atoms with van der Waals surface area (Å²) in [7, 11) is 0. The standard InChI is InChI=1S/C18H13BrF2N4O3/c1-8(14(26)24-17-22-6-9(20)7-23-17)25-15(27)10-2-3-11(19)13(21)12(10)18(4-5-18)16(25)28/h2-3,6-8H,4-5H2,1H3,(H,22,23,24,26). The first-order valence-electron chi connectivity index (χ1n) is 8.41. The van der Waals surface area contributed by atoms with Crippen LogP contribution >= 0.6 is 15.9 Å². The fourth-order valence-corrected chi connectivity index (χ4v) is 3.74. The Morgan fingerprint density at radius 1 is 1.25 bits per heavy atom. The molecule has 7 nitrogen and oxygen atoms in total. The van der Waals surface area contributed by atoms with E-state index in [0.29, 0.717) is 12.8 Å². The van der Waals surface area contributed by atoms with E-state index in [2.05, 4.69) is 31.2 Å². The number of hydrogen-bond acceptors (Lipinski definition) is 5. The molecular weight excluding hydrogens is 438 g/mol. The van der Waals surface area contributed by atoms with E-state index in [1.165, 1.54) is 19.1 Å². The first-order chi connectivity index (χ1) is 13.3. The van der Waals surface area contributed by atoms with Crippen molar-refractivity contribution < 1.29 is 23.2 Å². The third kappa shape index (κ3) is 2.70. The highest BCUT2D eigenvalue weighted by atomic mass is 79.9. The number of carbonyl (C=O) groups excluding carboxylic acids is 3. The molecule has 1 spiro atoms. The molecule has 144 valence electrons. The van der Waals surface area contributed by atoms with Crippen molar-refractivity contribution in [2.75, 3.05) is 5.32 Å². The molecule has 0 radical (unpaired) electrons. The Morgan fingerprint density at radius 3 is 2.50 bits per heavy atom. The number of hydrogen-bond donors (Lipinski definition) is 1. The zero-order chi connectivity index (χ0) is 20.2. The van der Waals surface area contributed by atoms with E-state index in [1.54, 1.807) is 0 Å². The van der Waals surface area contributed by atoms with Gasteiger partial charge in [0.15, 0.2) is 5.82 Å². The highest BCUT2D eigenvalue weighted by molar-refractivity contribution is 9.10. The third-order valence-corrected chi connectivity index (χ3v) is 5.64. The molecule has 1 aromatic carbocycles. The molecule has 1 fully saturated rings. The minimum absolute atomic E-state index is 0.0653. The quantitative estimate of drug-likeness (QED) is 0.725. The molecule has 2 aromatic rings. The second-order valence-electron chi connectivity index (χ2n) is 6.74. The second-order valence-corrected chi connectivity index (χ2v) is 7.59. The molecule has 1 aliphatic carbocycles. The molecule has 1 unspecified atom stereocenters. The summed E-state index contributed by atoms with van der Waals surface area (Å²) < 4.78 is 27.7. The molecule has 1 saturated carbocycles. The number of nitrogens with zero attached hydrogens (tertiary/aromatic N) is 3. The largest absolute Gasteiger partial charge is 0.293 e. The summed E-state index contributed by atoms with van der Waals surface area (Å²) in [6.45, 7) is 1.38. The number of benzene rings is 1. The van der Waals surface area contributed by atoms with Crippen LogP contribution in [0.1, 0.15) is 35.7 Å². The van der Waals surface area contributed by atoms with Crippen LogP contribution in [-0.4, -0.2) is 38.6 Å². The van der Waals surface area contributed by atoms with Crippen molar-refractivity contribution in [1.82, 2.24) is 14.9 Å². The van der Waals surface area contributed by atoms with Crippen LogP contribution in [0.5, 0.6) is 0 Å². The molecular formula is C18H13BrF2N4O3. The lowest BCUT2D eigenvalue weighted by Gasteiger charge is -2.36. The van der Waals surface area contributed by atoms with E-state index in [0.717, 1.165) is 17.3 Å². The number of anilines is 1. The Kier molecular flexibility index (Phi) is 4.25. The maximum Gasteiger partial charge on any atom is 0.261 e. The van der Waals surface area contributed by atoms with Crippen LogP contribution in [0.4, 0.5) is 14.7 Å². The highest BCUT2D eigenvalue weighted by Gasteiger charge is 2.61. The van der Waals surface area contributed by atoms with Crippen molar-refractivity contribution in [3.8, 4) is 0 Å². The van der Waals surface area contributed by atoms with E-state index in [4.69, 9.17) is 0 Å². The third-order valence-electron chi connectivity index (χ3n) is 5.02. The lowest BCUT2D eigenvalue weighted by Crippen LogP contribution is -2.56. The van der Waals surface area contributed by atoms with Gasteiger partial charge in [-0.15, -0.1) is 0 Å². The zero-order valence-corrected chi connectivity index (χ0v) is 16.1. The van der Waals surface area contributed by atoms with Crippen molar-refractivity contribution in [3.05, 3.63) is 51.8 Å². The van der Waals surface area contributed by atoms with Gasteiger partial charge in [-0.2, -0.15) is 0 Å². The molecule has 10 heteroatoms. The van der Waals surface area contributed by atoms with Crippen LogP contribution in [0.25, 0.3) is 0 Å². The molecule has 1 atom stereocenters. The lowest BCUT2D eigenvalue weighted by molar-refractivity contribution is -0.137. The zero-order valence-electron chi connectivity index (χ0n) is 14.5. The fraction of sp³-hybridized carbons (Fsp3) is 0.278. The maximum atomic E-state index is 14.7. The van der Waals surface area contributed by atoms with Crippen LogP contribution < -0.4 is 5.32 Å². The summed E-state index contributed by atoms with van der Waals surface area (Å²) in [5.74, 6) is -3.53. The number of halogens is 3. The summed E-state index contributed by atoms with van der Waals surface area (Å²) >= 11 is 3.09. The van der Waals surface area contributed by atoms with Gasteiger partial charge in [0.2, 0.25) is 17.8 Å². The van der Waals surface area contributed by atoms with Gasteiger partial charge >= 0.3 is 0 Å². The molecule has 0 saturated heterocycles. The number of aromatic nitrogens is 2. The summed E-state index contributed by atoms with van der Waals surface area (Å²) in [4.78, 5) is 46.6. The van der Waals surface area contributed by atoms with Crippen LogP contribution in [0.3, 0.4) is 0 Å². The predicted octanol–water partition coefficient (Wildman–Crippen LogP) is 2.56. The van der Waals surface area contributed by atoms with Crippen molar-refractivity contribution in [2.24, 2.45) is 0 Å². The molecule has 1 aliphatic heterocycles. The van der Waals surface area contributed by atoms with Gasteiger partial charge in [0.05, 0.1) is 22.3 Å². The Bertz CT molecular complexity index is 1020. The normalized spacial score (nSPS) is 18.1. The smallest absolute Gasteiger partial charge is 0.261 e. The highest BCUT2D eigenvalue weighted by Crippen LogP contribution is 2.55. The minimum atomic E-state index is -1.19. The van der Waals surface area contributed by atoms with Gasteiger partial charge < -0.3 is 0 Å². The van der Waals surface area contributed by atoms with Crippen LogP contribution in [-0.2, 0) is 15.0 Å². The van der Waals surface area contributed by atoms with E-state index in [1.807, 2.05) is 0 Å². The predicted molar refractivity (Wildman–Crippen MR) is 96.3 cm³/mol. The topological polar surface area (TPSA) is 92.3 Å². The van der Waals surface area contributed by atoms with Gasteiger partial charge in [-0.05, 0) is 47.8 Å². The van der Waals surface area contributed by atoms with Crippen molar-refractivity contribution in [3.63, 3.8) is 0 Å². The Balaban J connectivity index is 1.67. The summed E-state index contributed by atoms with van der Waals surface area (Å²) in [5, 5.41) is 2.34. The van der Waals surface area contributed by atoms with Gasteiger partial charge in [-0.25, -0.2) is 18.7 Å². The van der Waals surface area contributed by atoms with Crippen LogP contribution in [0.15, 0.2) is 29.0 Å². The van der Waals surface area contributed by atoms with Gasteiger partial charge in [-0.3, -0.25) is 24.6 Å². The van der Waals surface area contributed by atoms with E-state index in [-0.39, 0.29) is 21.5 Å². The number of rotatable bonds is 3. The number of imide groups is 1. The molecule has 3 amide bonds. The molecule has 28 heavy (non-hydrogen) atoms. The van der Waals surface area contributed by atoms with Gasteiger partial charge in [0.25, 0.3) is 5.91 Å². The van der Waals surface area contributed by atoms with E-state index >= 15 is 0 Å². The molecule has 1 aromatic heterocycles. The molecule has 1 N–H and O–H groups in total. The van der Waals surface area contributed by atoms with Gasteiger partial charge in [0, 0.05) is 11.1 Å². The molecule has 2 heterocycles. The average molecular weight is 451 g/mol. The summed E-state index contributed by atoms with van der Waals surface area (Å²) in [6.07, 6.45) is 2.54. The summed E-state index contributed by atoms with van der Waals surface area (Å²) in [6, 6.07) is 1.65. The number of fused-ring (bicyclic) bond motifs is 2. The lowest BCUT2D eigenvalue weighted by atomic mass is 9.84. The van der Waals surface area contributed by atoms with Crippen LogP contribution in [0, 0.1) is 11.6 Å². The maximum absolute atomic E-state index is 14.7. The SMILES string of the molecule is CC(C(=O)Nc1ncc(F)cn1)N1C(=O)c2ccc(Br)c(F)c2C2(CC2)C1=O. The van der Waals surface area contributed by atoms with Crippen molar-refractivity contribution >= 4 is 39.6 Å². The van der Waals surface area contributed by atoms with Gasteiger partial charge in [0.1, 0.15) is 11.9 Å². The second kappa shape index (κ2) is 6.40. The molecule has 4 rings (SSSR count). The molecule has 2 aliphatic rings. The Hall–Kier alpha value is -2.75. The van der Waals surface area contributed by atoms with E-state index in [9.17, 15) is 23.2 Å². The monoisotopic (exact) mass is 450 g/mol. The number of amides is 3. The van der Waals surface area contributed by atoms with Gasteiger partial charge in [-0.1, -0.05) is 0 Å². The first-order valence-corrected chi connectivity index (χ1v) is 9.20. The fourth-order valence-electron chi connectivity index (χ4n) is 3.41.